The first-order valence-corrected chi connectivity index (χ1v) is 7.37. The summed E-state index contributed by atoms with van der Waals surface area (Å²) < 4.78 is 10.4. The molecule has 0 aromatic carbocycles. The first-order chi connectivity index (χ1) is 5.48. The van der Waals surface area contributed by atoms with E-state index in [-0.39, 0.29) is 5.97 Å². The predicted molar refractivity (Wildman–Crippen MR) is 50.5 cm³/mol. The molecule has 4 heteroatoms. The summed E-state index contributed by atoms with van der Waals surface area (Å²) in [6.07, 6.45) is 0. The van der Waals surface area contributed by atoms with E-state index < -0.39 is 8.32 Å². The van der Waals surface area contributed by atoms with E-state index in [1.165, 1.54) is 6.92 Å². The Morgan fingerprint density at radius 2 is 2.00 bits per heavy atom. The Kier molecular flexibility index (Phi) is 5.16. The molecule has 0 aliphatic carbocycles. The van der Waals surface area contributed by atoms with Crippen molar-refractivity contribution in [3.05, 3.63) is 0 Å². The highest BCUT2D eigenvalue weighted by Gasteiger charge is 2.21. The highest BCUT2D eigenvalue weighted by atomic mass is 28.4. The van der Waals surface area contributed by atoms with Crippen LogP contribution in [0, 0.1) is 0 Å². The van der Waals surface area contributed by atoms with E-state index in [1.807, 2.05) is 6.92 Å². The number of carbonyl (C=O) groups is 1. The third-order valence-electron chi connectivity index (χ3n) is 1.54. The molecule has 0 radical (unpaired) electrons. The van der Waals surface area contributed by atoms with Crippen molar-refractivity contribution in [3.8, 4) is 0 Å². The molecular weight excluding hydrogens is 172 g/mol. The van der Waals surface area contributed by atoms with E-state index in [2.05, 4.69) is 13.1 Å². The monoisotopic (exact) mass is 190 g/mol. The lowest BCUT2D eigenvalue weighted by molar-refractivity contribution is -0.140. The Morgan fingerprint density at radius 3 is 2.42 bits per heavy atom. The summed E-state index contributed by atoms with van der Waals surface area (Å²) >= 11 is 0. The first kappa shape index (κ1) is 11.6. The van der Waals surface area contributed by atoms with Crippen molar-refractivity contribution in [2.24, 2.45) is 0 Å². The van der Waals surface area contributed by atoms with Gasteiger partial charge in [-0.05, 0) is 20.0 Å². The molecule has 12 heavy (non-hydrogen) atoms. The molecule has 3 nitrogen and oxygen atoms in total. The van der Waals surface area contributed by atoms with Gasteiger partial charge in [-0.25, -0.2) is 0 Å². The average Bonchev–Trinajstić information content (AvgIpc) is 1.85. The summed E-state index contributed by atoms with van der Waals surface area (Å²) in [7, 11) is -1.55. The van der Waals surface area contributed by atoms with E-state index >= 15 is 0 Å². The fourth-order valence-corrected chi connectivity index (χ4v) is 2.42. The van der Waals surface area contributed by atoms with Crippen molar-refractivity contribution in [2.45, 2.75) is 33.0 Å². The van der Waals surface area contributed by atoms with E-state index in [1.54, 1.807) is 0 Å². The fraction of sp³-hybridized carbons (Fsp3) is 0.875. The molecule has 0 aromatic rings. The maximum atomic E-state index is 10.4. The second-order valence-corrected chi connectivity index (χ2v) is 7.59. The molecule has 0 fully saturated rings. The summed E-state index contributed by atoms with van der Waals surface area (Å²) in [4.78, 5) is 10.4. The molecule has 0 aliphatic heterocycles. The van der Waals surface area contributed by atoms with Gasteiger partial charge in [-0.2, -0.15) is 0 Å². The minimum atomic E-state index is -1.55. The van der Waals surface area contributed by atoms with Gasteiger partial charge in [0.25, 0.3) is 0 Å². The number of ether oxygens (including phenoxy) is 1. The highest BCUT2D eigenvalue weighted by molar-refractivity contribution is 6.71. The van der Waals surface area contributed by atoms with E-state index in [9.17, 15) is 4.79 Å². The van der Waals surface area contributed by atoms with Crippen LogP contribution in [0.2, 0.25) is 19.1 Å². The molecule has 0 spiro atoms. The van der Waals surface area contributed by atoms with Gasteiger partial charge in [0.15, 0.2) is 8.32 Å². The van der Waals surface area contributed by atoms with Gasteiger partial charge in [-0.1, -0.05) is 0 Å². The zero-order chi connectivity index (χ0) is 9.61. The van der Waals surface area contributed by atoms with Crippen molar-refractivity contribution in [2.75, 3.05) is 13.2 Å². The van der Waals surface area contributed by atoms with Crippen molar-refractivity contribution >= 4 is 14.3 Å². The Hall–Kier alpha value is -0.353. The van der Waals surface area contributed by atoms with Crippen molar-refractivity contribution < 1.29 is 14.0 Å². The molecule has 0 aliphatic rings. The summed E-state index contributed by atoms with van der Waals surface area (Å²) in [5.41, 5.74) is 0. The van der Waals surface area contributed by atoms with Gasteiger partial charge in [-0.15, -0.1) is 0 Å². The Balaban J connectivity index is 3.53. The third-order valence-corrected chi connectivity index (χ3v) is 4.02. The topological polar surface area (TPSA) is 35.5 Å². The van der Waals surface area contributed by atoms with Crippen molar-refractivity contribution in [3.63, 3.8) is 0 Å². The first-order valence-electron chi connectivity index (χ1n) is 4.25. The lowest BCUT2D eigenvalue weighted by Gasteiger charge is -2.21. The maximum absolute atomic E-state index is 10.4. The van der Waals surface area contributed by atoms with Crippen LogP contribution in [0.15, 0.2) is 0 Å². The molecule has 0 amide bonds. The van der Waals surface area contributed by atoms with E-state index in [0.717, 1.165) is 12.7 Å². The molecule has 0 heterocycles. The molecule has 0 saturated heterocycles. The molecule has 0 aromatic heterocycles. The van der Waals surface area contributed by atoms with Gasteiger partial charge in [-0.3, -0.25) is 4.79 Å². The summed E-state index contributed by atoms with van der Waals surface area (Å²) in [5.74, 6) is -0.212. The van der Waals surface area contributed by atoms with Gasteiger partial charge >= 0.3 is 5.97 Å². The van der Waals surface area contributed by atoms with Crippen LogP contribution in [0.25, 0.3) is 0 Å². The largest absolute Gasteiger partial charge is 0.466 e. The average molecular weight is 190 g/mol. The van der Waals surface area contributed by atoms with Crippen LogP contribution in [0.1, 0.15) is 13.8 Å². The van der Waals surface area contributed by atoms with E-state index in [0.29, 0.717) is 6.61 Å². The Labute approximate surface area is 75.2 Å². The van der Waals surface area contributed by atoms with Crippen LogP contribution < -0.4 is 0 Å². The van der Waals surface area contributed by atoms with Crippen molar-refractivity contribution in [1.82, 2.24) is 0 Å². The predicted octanol–water partition coefficient (Wildman–Crippen LogP) is 1.79. The van der Waals surface area contributed by atoms with Gasteiger partial charge in [0.2, 0.25) is 0 Å². The van der Waals surface area contributed by atoms with Crippen molar-refractivity contribution in [1.29, 1.82) is 0 Å². The highest BCUT2D eigenvalue weighted by Crippen LogP contribution is 2.10. The molecule has 72 valence electrons. The summed E-state index contributed by atoms with van der Waals surface area (Å²) in [6.45, 7) is 8.91. The minimum absolute atomic E-state index is 0.212. The standard InChI is InChI=1S/C8H18O3Si/c1-5-11-12(3,4)7-6-10-8(2)9/h5-7H2,1-4H3. The summed E-state index contributed by atoms with van der Waals surface area (Å²) in [5, 5.41) is 0. The number of hydrogen-bond acceptors (Lipinski definition) is 3. The number of esters is 1. The van der Waals surface area contributed by atoms with Gasteiger partial charge in [0.1, 0.15) is 0 Å². The van der Waals surface area contributed by atoms with Gasteiger partial charge in [0.05, 0.1) is 6.61 Å². The Morgan fingerprint density at radius 1 is 1.42 bits per heavy atom. The lowest BCUT2D eigenvalue weighted by Crippen LogP contribution is -2.31. The summed E-state index contributed by atoms with van der Waals surface area (Å²) in [6, 6.07) is 0.875. The third kappa shape index (κ3) is 6.36. The molecule has 0 atom stereocenters. The van der Waals surface area contributed by atoms with Crippen LogP contribution in [0.4, 0.5) is 0 Å². The maximum Gasteiger partial charge on any atom is 0.302 e. The smallest absolute Gasteiger partial charge is 0.302 e. The number of hydrogen-bond donors (Lipinski definition) is 0. The quantitative estimate of drug-likeness (QED) is 0.490. The second kappa shape index (κ2) is 5.32. The van der Waals surface area contributed by atoms with Crippen LogP contribution in [-0.2, 0) is 14.0 Å². The van der Waals surface area contributed by atoms with Crippen LogP contribution in [0.3, 0.4) is 0 Å². The fourth-order valence-electron chi connectivity index (χ4n) is 0.903. The molecule has 0 rings (SSSR count). The minimum Gasteiger partial charge on any atom is -0.466 e. The van der Waals surface area contributed by atoms with Crippen LogP contribution in [0.5, 0.6) is 0 Å². The normalized spacial score (nSPS) is 11.3. The van der Waals surface area contributed by atoms with Crippen LogP contribution in [-0.4, -0.2) is 27.5 Å². The zero-order valence-electron chi connectivity index (χ0n) is 8.35. The SMILES string of the molecule is CCO[Si](C)(C)CCOC(C)=O. The molecule has 0 saturated carbocycles. The zero-order valence-corrected chi connectivity index (χ0v) is 9.35. The van der Waals surface area contributed by atoms with Gasteiger partial charge in [0, 0.05) is 19.6 Å². The number of carbonyl (C=O) groups excluding carboxylic acids is 1. The molecule has 0 unspecified atom stereocenters. The molecule has 0 N–H and O–H groups in total. The van der Waals surface area contributed by atoms with Gasteiger partial charge < -0.3 is 9.16 Å². The Bertz CT molecular complexity index is 145. The molecule has 0 bridgehead atoms. The number of rotatable bonds is 5. The lowest BCUT2D eigenvalue weighted by atomic mass is 10.8. The second-order valence-electron chi connectivity index (χ2n) is 3.28. The van der Waals surface area contributed by atoms with Crippen LogP contribution >= 0.6 is 0 Å². The molecular formula is C8H18O3Si. The van der Waals surface area contributed by atoms with E-state index in [4.69, 9.17) is 9.16 Å².